The van der Waals surface area contributed by atoms with Crippen molar-refractivity contribution in [1.29, 1.82) is 0 Å². The van der Waals surface area contributed by atoms with Crippen molar-refractivity contribution in [1.82, 2.24) is 29.9 Å². The van der Waals surface area contributed by atoms with Crippen molar-refractivity contribution in [3.05, 3.63) is 65.4 Å². The zero-order valence-electron chi connectivity index (χ0n) is 17.8. The zero-order valence-corrected chi connectivity index (χ0v) is 17.8. The van der Waals surface area contributed by atoms with Gasteiger partial charge in [0.25, 0.3) is 5.91 Å². The van der Waals surface area contributed by atoms with Gasteiger partial charge in [0, 0.05) is 13.1 Å². The predicted octanol–water partition coefficient (Wildman–Crippen LogP) is 2.86. The summed E-state index contributed by atoms with van der Waals surface area (Å²) in [6.45, 7) is 5.32. The van der Waals surface area contributed by atoms with E-state index in [1.807, 2.05) is 36.9 Å². The van der Waals surface area contributed by atoms with Crippen LogP contribution in [0.2, 0.25) is 0 Å². The lowest BCUT2D eigenvalue weighted by Crippen LogP contribution is -2.30. The first-order valence-electron chi connectivity index (χ1n) is 10.4. The third kappa shape index (κ3) is 3.48. The Kier molecular flexibility index (Phi) is 4.77. The molecule has 8 heteroatoms. The van der Waals surface area contributed by atoms with Crippen LogP contribution in [0.25, 0.3) is 11.3 Å². The van der Waals surface area contributed by atoms with Crippen LogP contribution in [-0.2, 0) is 0 Å². The van der Waals surface area contributed by atoms with Crippen LogP contribution < -0.4 is 4.74 Å². The Morgan fingerprint density at radius 1 is 1.16 bits per heavy atom. The van der Waals surface area contributed by atoms with E-state index in [-0.39, 0.29) is 5.91 Å². The van der Waals surface area contributed by atoms with Gasteiger partial charge in [0.15, 0.2) is 0 Å². The first-order valence-corrected chi connectivity index (χ1v) is 10.4. The number of carbonyl (C=O) groups is 1. The maximum atomic E-state index is 13.4. The number of benzene rings is 1. The normalized spacial score (nSPS) is 20.0. The second kappa shape index (κ2) is 7.61. The molecule has 1 saturated heterocycles. The van der Waals surface area contributed by atoms with E-state index in [9.17, 15) is 4.79 Å². The lowest BCUT2D eigenvalue weighted by Gasteiger charge is -2.19. The van der Waals surface area contributed by atoms with Crippen LogP contribution in [0.1, 0.15) is 33.7 Å². The van der Waals surface area contributed by atoms with Gasteiger partial charge in [-0.15, -0.1) is 0 Å². The van der Waals surface area contributed by atoms with Crippen molar-refractivity contribution in [2.45, 2.75) is 20.3 Å². The molecule has 158 valence electrons. The Balaban J connectivity index is 1.39. The molecule has 1 aliphatic heterocycles. The highest BCUT2D eigenvalue weighted by molar-refractivity contribution is 5.98. The molecule has 8 nitrogen and oxygen atoms in total. The van der Waals surface area contributed by atoms with Gasteiger partial charge in [-0.1, -0.05) is 17.7 Å². The van der Waals surface area contributed by atoms with E-state index in [1.165, 1.54) is 4.80 Å². The summed E-state index contributed by atoms with van der Waals surface area (Å²) in [7, 11) is 1.62. The average Bonchev–Trinajstić information content (AvgIpc) is 3.49. The van der Waals surface area contributed by atoms with E-state index in [2.05, 4.69) is 26.2 Å². The lowest BCUT2D eigenvalue weighted by molar-refractivity contribution is 0.0784. The minimum atomic E-state index is 0.0216. The minimum Gasteiger partial charge on any atom is -0.479 e. The highest BCUT2D eigenvalue weighted by Crippen LogP contribution is 2.42. The van der Waals surface area contributed by atoms with E-state index in [0.29, 0.717) is 42.1 Å². The first kappa shape index (κ1) is 19.4. The SMILES string of the molecule is COc1ncc(C)nc1C1=CC2CN(C(=O)c3cc(C)ccc3-n3nccn3)CC2C1. The third-order valence-electron chi connectivity index (χ3n) is 6.05. The molecule has 3 aromatic rings. The highest BCUT2D eigenvalue weighted by atomic mass is 16.5. The Hall–Kier alpha value is -3.55. The number of nitrogens with zero attached hydrogens (tertiary/aromatic N) is 6. The highest BCUT2D eigenvalue weighted by Gasteiger charge is 2.40. The summed E-state index contributed by atoms with van der Waals surface area (Å²) >= 11 is 0. The van der Waals surface area contributed by atoms with Crippen molar-refractivity contribution in [2.75, 3.05) is 20.2 Å². The van der Waals surface area contributed by atoms with Gasteiger partial charge < -0.3 is 9.64 Å². The van der Waals surface area contributed by atoms with Gasteiger partial charge in [-0.25, -0.2) is 9.97 Å². The van der Waals surface area contributed by atoms with Gasteiger partial charge in [0.2, 0.25) is 5.88 Å². The number of amides is 1. The number of allylic oxidation sites excluding steroid dienone is 1. The average molecular weight is 416 g/mol. The van der Waals surface area contributed by atoms with Crippen LogP contribution in [0.5, 0.6) is 5.88 Å². The van der Waals surface area contributed by atoms with Crippen molar-refractivity contribution in [3.63, 3.8) is 0 Å². The monoisotopic (exact) mass is 416 g/mol. The Morgan fingerprint density at radius 3 is 2.71 bits per heavy atom. The van der Waals surface area contributed by atoms with Crippen LogP contribution in [-0.4, -0.2) is 56.0 Å². The van der Waals surface area contributed by atoms with Gasteiger partial charge in [0.05, 0.1) is 42.6 Å². The maximum absolute atomic E-state index is 13.4. The number of ether oxygens (including phenoxy) is 1. The Labute approximate surface area is 180 Å². The number of methoxy groups -OCH3 is 1. The summed E-state index contributed by atoms with van der Waals surface area (Å²) in [6.07, 6.45) is 8.06. The second-order valence-electron chi connectivity index (χ2n) is 8.24. The number of carbonyl (C=O) groups excluding carboxylic acids is 1. The lowest BCUT2D eigenvalue weighted by atomic mass is 9.99. The van der Waals surface area contributed by atoms with E-state index in [1.54, 1.807) is 25.7 Å². The standard InChI is InChI=1S/C23H24N6O2/c1-14-4-5-20(29-25-6-7-26-29)19(8-14)23(30)28-12-17-9-16(10-18(17)13-28)21-22(31-3)24-11-15(2)27-21/h4-9,11,17-18H,10,12-13H2,1-3H3. The molecule has 3 heterocycles. The molecule has 0 radical (unpaired) electrons. The molecule has 0 saturated carbocycles. The zero-order chi connectivity index (χ0) is 21.5. The number of aromatic nitrogens is 5. The van der Waals surface area contributed by atoms with Crippen molar-refractivity contribution < 1.29 is 9.53 Å². The molecule has 0 bridgehead atoms. The van der Waals surface area contributed by atoms with Crippen LogP contribution in [0.3, 0.4) is 0 Å². The molecule has 0 spiro atoms. The Bertz CT molecular complexity index is 1170. The van der Waals surface area contributed by atoms with Gasteiger partial charge in [-0.2, -0.15) is 15.0 Å². The van der Waals surface area contributed by atoms with E-state index >= 15 is 0 Å². The molecule has 31 heavy (non-hydrogen) atoms. The van der Waals surface area contributed by atoms with Crippen molar-refractivity contribution in [2.24, 2.45) is 11.8 Å². The minimum absolute atomic E-state index is 0.0216. The molecule has 2 unspecified atom stereocenters. The van der Waals surface area contributed by atoms with Crippen LogP contribution >= 0.6 is 0 Å². The molecule has 2 atom stereocenters. The third-order valence-corrected chi connectivity index (χ3v) is 6.05. The quantitative estimate of drug-likeness (QED) is 0.650. The smallest absolute Gasteiger partial charge is 0.256 e. The summed E-state index contributed by atoms with van der Waals surface area (Å²) in [5, 5.41) is 8.42. The summed E-state index contributed by atoms with van der Waals surface area (Å²) in [6, 6.07) is 5.79. The fraction of sp³-hybridized carbons (Fsp3) is 0.348. The summed E-state index contributed by atoms with van der Waals surface area (Å²) in [5.41, 5.74) is 5.21. The van der Waals surface area contributed by atoms with E-state index in [0.717, 1.165) is 28.9 Å². The first-order chi connectivity index (χ1) is 15.0. The van der Waals surface area contributed by atoms with E-state index in [4.69, 9.17) is 4.74 Å². The van der Waals surface area contributed by atoms with E-state index < -0.39 is 0 Å². The number of likely N-dealkylation sites (tertiary alicyclic amines) is 1. The van der Waals surface area contributed by atoms with Crippen LogP contribution in [0, 0.1) is 25.7 Å². The van der Waals surface area contributed by atoms with Gasteiger partial charge >= 0.3 is 0 Å². The van der Waals surface area contributed by atoms with Gasteiger partial charge in [-0.05, 0) is 49.8 Å². The number of fused-ring (bicyclic) bond motifs is 1. The second-order valence-corrected chi connectivity index (χ2v) is 8.24. The molecule has 1 aliphatic carbocycles. The summed E-state index contributed by atoms with van der Waals surface area (Å²) < 4.78 is 5.42. The molecule has 1 fully saturated rings. The fourth-order valence-corrected chi connectivity index (χ4v) is 4.58. The largest absolute Gasteiger partial charge is 0.479 e. The molecular formula is C23H24N6O2. The number of hydrogen-bond acceptors (Lipinski definition) is 6. The predicted molar refractivity (Wildman–Crippen MR) is 115 cm³/mol. The summed E-state index contributed by atoms with van der Waals surface area (Å²) in [4.78, 5) is 25.9. The van der Waals surface area contributed by atoms with Gasteiger partial charge in [0.1, 0.15) is 5.69 Å². The molecular weight excluding hydrogens is 392 g/mol. The topological polar surface area (TPSA) is 86.0 Å². The van der Waals surface area contributed by atoms with Crippen molar-refractivity contribution >= 4 is 11.5 Å². The Morgan fingerprint density at radius 2 is 1.97 bits per heavy atom. The molecule has 0 N–H and O–H groups in total. The number of hydrogen-bond donors (Lipinski definition) is 0. The number of rotatable bonds is 4. The maximum Gasteiger partial charge on any atom is 0.256 e. The molecule has 2 aromatic heterocycles. The number of aryl methyl sites for hydroxylation is 2. The molecule has 1 amide bonds. The molecule has 5 rings (SSSR count). The van der Waals surface area contributed by atoms with Crippen molar-refractivity contribution in [3.8, 4) is 11.6 Å². The molecule has 2 aliphatic rings. The van der Waals surface area contributed by atoms with Crippen LogP contribution in [0.15, 0.2) is 42.9 Å². The van der Waals surface area contributed by atoms with Gasteiger partial charge in [-0.3, -0.25) is 4.79 Å². The van der Waals surface area contributed by atoms with Crippen LogP contribution in [0.4, 0.5) is 0 Å². The molecule has 1 aromatic carbocycles. The summed E-state index contributed by atoms with van der Waals surface area (Å²) in [5.74, 6) is 1.26. The fourth-order valence-electron chi connectivity index (χ4n) is 4.58.